The highest BCUT2D eigenvalue weighted by Gasteiger charge is 2.32. The number of hydrogen-bond donors (Lipinski definition) is 2. The Morgan fingerprint density at radius 3 is 2.23 bits per heavy atom. The Bertz CT molecular complexity index is 1070. The van der Waals surface area contributed by atoms with Crippen LogP contribution >= 0.6 is 11.8 Å². The van der Waals surface area contributed by atoms with E-state index in [1.54, 1.807) is 4.90 Å². The molecule has 0 bridgehead atoms. The highest BCUT2D eigenvalue weighted by Crippen LogP contribution is 2.26. The number of carbonyl (C=O) groups is 3. The van der Waals surface area contributed by atoms with E-state index in [2.05, 4.69) is 15.4 Å². The SMILES string of the molecule is O=C1NC(=O)C(Cc2ccc(OC3CCN(C(=O)Nc4ccc(OC(F)(F)F)cc4)CC3)cc2)S1. The summed E-state index contributed by atoms with van der Waals surface area (Å²) in [5.41, 5.74) is 1.28. The second kappa shape index (κ2) is 10.5. The maximum absolute atomic E-state index is 12.5. The summed E-state index contributed by atoms with van der Waals surface area (Å²) >= 11 is 0.992. The van der Waals surface area contributed by atoms with Crippen molar-refractivity contribution >= 4 is 34.6 Å². The first-order valence-corrected chi connectivity index (χ1v) is 11.7. The Balaban J connectivity index is 1.21. The van der Waals surface area contributed by atoms with Crippen LogP contribution in [0.1, 0.15) is 18.4 Å². The molecule has 2 N–H and O–H groups in total. The standard InChI is InChI=1S/C23H22F3N3O5S/c24-23(25,26)34-18-7-3-15(4-8-18)27-21(31)29-11-9-17(10-12-29)33-16-5-1-14(2-6-16)13-19-20(30)28-22(32)35-19/h1-8,17,19H,9-13H2,(H,27,31)(H,28,30,32). The Morgan fingerprint density at radius 1 is 1.03 bits per heavy atom. The third-order valence-electron chi connectivity index (χ3n) is 5.48. The Hall–Kier alpha value is -3.41. The van der Waals surface area contributed by atoms with Crippen molar-refractivity contribution < 1.29 is 37.0 Å². The number of amides is 4. The van der Waals surface area contributed by atoms with E-state index in [9.17, 15) is 27.6 Å². The molecule has 35 heavy (non-hydrogen) atoms. The minimum Gasteiger partial charge on any atom is -0.490 e. The second-order valence-corrected chi connectivity index (χ2v) is 9.21. The van der Waals surface area contributed by atoms with Crippen LogP contribution in [0.4, 0.5) is 28.4 Å². The molecule has 4 rings (SSSR count). The number of nitrogens with one attached hydrogen (secondary N) is 2. The molecule has 2 heterocycles. The number of thioether (sulfide) groups is 1. The van der Waals surface area contributed by atoms with Gasteiger partial charge in [-0.25, -0.2) is 4.79 Å². The van der Waals surface area contributed by atoms with Crippen molar-refractivity contribution in [3.63, 3.8) is 0 Å². The lowest BCUT2D eigenvalue weighted by molar-refractivity contribution is -0.274. The van der Waals surface area contributed by atoms with Crippen LogP contribution < -0.4 is 20.1 Å². The van der Waals surface area contributed by atoms with Crippen LogP contribution in [-0.2, 0) is 11.2 Å². The van der Waals surface area contributed by atoms with Crippen LogP contribution in [0.5, 0.6) is 11.5 Å². The van der Waals surface area contributed by atoms with Crippen LogP contribution in [0, 0.1) is 0 Å². The van der Waals surface area contributed by atoms with E-state index in [4.69, 9.17) is 4.74 Å². The molecule has 0 radical (unpaired) electrons. The number of imide groups is 1. The summed E-state index contributed by atoms with van der Waals surface area (Å²) in [6.45, 7) is 0.928. The average Bonchev–Trinajstić information content (AvgIpc) is 3.12. The average molecular weight is 510 g/mol. The van der Waals surface area contributed by atoms with Gasteiger partial charge in [0.2, 0.25) is 5.91 Å². The topological polar surface area (TPSA) is 97.0 Å². The van der Waals surface area contributed by atoms with Gasteiger partial charge in [0.15, 0.2) is 0 Å². The lowest BCUT2D eigenvalue weighted by Gasteiger charge is -2.32. The fraction of sp³-hybridized carbons (Fsp3) is 0.348. The van der Waals surface area contributed by atoms with E-state index < -0.39 is 11.6 Å². The lowest BCUT2D eigenvalue weighted by atomic mass is 10.1. The fourth-order valence-corrected chi connectivity index (χ4v) is 4.62. The normalized spacial score (nSPS) is 18.8. The Kier molecular flexibility index (Phi) is 7.39. The van der Waals surface area contributed by atoms with Crippen molar-refractivity contribution in [1.29, 1.82) is 0 Å². The Morgan fingerprint density at radius 2 is 1.66 bits per heavy atom. The fourth-order valence-electron chi connectivity index (χ4n) is 3.76. The van der Waals surface area contributed by atoms with Gasteiger partial charge in [0.05, 0.1) is 5.25 Å². The third-order valence-corrected chi connectivity index (χ3v) is 6.46. The molecule has 186 valence electrons. The van der Waals surface area contributed by atoms with Crippen LogP contribution in [0.15, 0.2) is 48.5 Å². The summed E-state index contributed by atoms with van der Waals surface area (Å²) in [5, 5.41) is 4.19. The molecule has 0 aromatic heterocycles. The van der Waals surface area contributed by atoms with Crippen molar-refractivity contribution in [3.05, 3.63) is 54.1 Å². The molecule has 2 aliphatic rings. The minimum absolute atomic E-state index is 0.0718. The quantitative estimate of drug-likeness (QED) is 0.593. The van der Waals surface area contributed by atoms with Gasteiger partial charge in [0, 0.05) is 31.6 Å². The van der Waals surface area contributed by atoms with E-state index in [0.29, 0.717) is 43.8 Å². The highest BCUT2D eigenvalue weighted by atomic mass is 32.2. The third kappa shape index (κ3) is 7.04. The summed E-state index contributed by atoms with van der Waals surface area (Å²) in [6, 6.07) is 12.0. The van der Waals surface area contributed by atoms with Crippen LogP contribution in [-0.4, -0.2) is 52.9 Å². The molecule has 0 aliphatic carbocycles. The Labute approximate surface area is 203 Å². The first-order chi connectivity index (χ1) is 16.6. The van der Waals surface area contributed by atoms with Gasteiger partial charge in [-0.05, 0) is 48.4 Å². The predicted molar refractivity (Wildman–Crippen MR) is 122 cm³/mol. The van der Waals surface area contributed by atoms with Crippen molar-refractivity contribution in [1.82, 2.24) is 10.2 Å². The number of urea groups is 1. The molecule has 2 aromatic rings. The molecule has 1 atom stereocenters. The second-order valence-electron chi connectivity index (χ2n) is 8.04. The molecule has 1 unspecified atom stereocenters. The van der Waals surface area contributed by atoms with E-state index in [0.717, 1.165) is 29.5 Å². The molecular formula is C23H22F3N3O5S. The largest absolute Gasteiger partial charge is 0.573 e. The molecule has 0 saturated carbocycles. The number of anilines is 1. The molecular weight excluding hydrogens is 487 g/mol. The molecule has 8 nitrogen and oxygen atoms in total. The van der Waals surface area contributed by atoms with Crippen molar-refractivity contribution in [2.45, 2.75) is 37.0 Å². The maximum atomic E-state index is 12.5. The van der Waals surface area contributed by atoms with Crippen molar-refractivity contribution in [2.75, 3.05) is 18.4 Å². The molecule has 4 amide bonds. The van der Waals surface area contributed by atoms with E-state index in [1.807, 2.05) is 24.3 Å². The van der Waals surface area contributed by atoms with E-state index in [1.165, 1.54) is 12.1 Å². The summed E-state index contributed by atoms with van der Waals surface area (Å²) < 4.78 is 46.6. The predicted octanol–water partition coefficient (Wildman–Crippen LogP) is 4.55. The van der Waals surface area contributed by atoms with Gasteiger partial charge in [-0.2, -0.15) is 0 Å². The molecule has 12 heteroatoms. The van der Waals surface area contributed by atoms with E-state index >= 15 is 0 Å². The lowest BCUT2D eigenvalue weighted by Crippen LogP contribution is -2.43. The number of likely N-dealkylation sites (tertiary alicyclic amines) is 1. The highest BCUT2D eigenvalue weighted by molar-refractivity contribution is 8.15. The van der Waals surface area contributed by atoms with Crippen LogP contribution in [0.25, 0.3) is 0 Å². The number of carbonyl (C=O) groups excluding carboxylic acids is 3. The molecule has 2 fully saturated rings. The molecule has 2 aliphatic heterocycles. The number of nitrogens with zero attached hydrogens (tertiary/aromatic N) is 1. The zero-order chi connectivity index (χ0) is 25.0. The monoisotopic (exact) mass is 509 g/mol. The minimum atomic E-state index is -4.77. The summed E-state index contributed by atoms with van der Waals surface area (Å²) in [6.07, 6.45) is -3.15. The number of rotatable bonds is 6. The van der Waals surface area contributed by atoms with Gasteiger partial charge >= 0.3 is 12.4 Å². The van der Waals surface area contributed by atoms with E-state index in [-0.39, 0.29) is 29.0 Å². The number of alkyl halides is 3. The summed E-state index contributed by atoms with van der Waals surface area (Å²) in [5.74, 6) is 0.0422. The van der Waals surface area contributed by atoms with Gasteiger partial charge in [-0.1, -0.05) is 23.9 Å². The van der Waals surface area contributed by atoms with Gasteiger partial charge in [0.25, 0.3) is 5.24 Å². The molecule has 2 aromatic carbocycles. The molecule has 0 spiro atoms. The maximum Gasteiger partial charge on any atom is 0.573 e. The smallest absolute Gasteiger partial charge is 0.490 e. The van der Waals surface area contributed by atoms with Crippen molar-refractivity contribution in [2.24, 2.45) is 0 Å². The first kappa shape index (κ1) is 24.7. The zero-order valence-electron chi connectivity index (χ0n) is 18.3. The number of ether oxygens (including phenoxy) is 2. The van der Waals surface area contributed by atoms with Gasteiger partial charge in [-0.15, -0.1) is 13.2 Å². The van der Waals surface area contributed by atoms with Gasteiger partial charge < -0.3 is 19.7 Å². The number of benzene rings is 2. The number of halogens is 3. The summed E-state index contributed by atoms with van der Waals surface area (Å²) in [4.78, 5) is 37.1. The number of piperidine rings is 1. The summed E-state index contributed by atoms with van der Waals surface area (Å²) in [7, 11) is 0. The number of hydrogen-bond acceptors (Lipinski definition) is 6. The van der Waals surface area contributed by atoms with Gasteiger partial charge in [0.1, 0.15) is 17.6 Å². The van der Waals surface area contributed by atoms with Gasteiger partial charge in [-0.3, -0.25) is 14.9 Å². The first-order valence-electron chi connectivity index (χ1n) is 10.8. The van der Waals surface area contributed by atoms with Crippen LogP contribution in [0.3, 0.4) is 0 Å². The zero-order valence-corrected chi connectivity index (χ0v) is 19.2. The molecule has 2 saturated heterocycles. The van der Waals surface area contributed by atoms with Crippen molar-refractivity contribution in [3.8, 4) is 11.5 Å². The van der Waals surface area contributed by atoms with Crippen LogP contribution in [0.2, 0.25) is 0 Å².